The minimum atomic E-state index is -0.446. The van der Waals surface area contributed by atoms with Gasteiger partial charge in [0.2, 0.25) is 5.91 Å². The fraction of sp³-hybridized carbons (Fsp3) is 0.300. The van der Waals surface area contributed by atoms with E-state index in [4.69, 9.17) is 5.73 Å². The van der Waals surface area contributed by atoms with Gasteiger partial charge in [-0.1, -0.05) is 32.9 Å². The number of hydrogen-bond acceptors (Lipinski definition) is 3. The summed E-state index contributed by atoms with van der Waals surface area (Å²) in [6, 6.07) is 10.2. The van der Waals surface area contributed by atoms with Gasteiger partial charge in [0.25, 0.3) is 0 Å². The van der Waals surface area contributed by atoms with Gasteiger partial charge in [-0.05, 0) is 47.9 Å². The normalized spacial score (nSPS) is 11.8. The number of pyridine rings is 1. The Morgan fingerprint density at radius 1 is 1.12 bits per heavy atom. The molecule has 0 saturated heterocycles. The summed E-state index contributed by atoms with van der Waals surface area (Å²) in [7, 11) is 0. The molecule has 2 N–H and O–H groups in total. The van der Waals surface area contributed by atoms with E-state index in [-0.39, 0.29) is 5.91 Å². The molecule has 4 nitrogen and oxygen atoms in total. The Balaban J connectivity index is 2.21. The molecule has 124 valence electrons. The molecular weight excluding hydrogens is 298 g/mol. The number of fused-ring (bicyclic) bond motifs is 1. The molecule has 0 aliphatic rings. The largest absolute Gasteiger partial charge is 0.330 e. The van der Waals surface area contributed by atoms with Crippen LogP contribution in [0.5, 0.6) is 0 Å². The van der Waals surface area contributed by atoms with Crippen LogP contribution in [0.1, 0.15) is 31.1 Å². The van der Waals surface area contributed by atoms with E-state index < -0.39 is 5.41 Å². The van der Waals surface area contributed by atoms with Crippen molar-refractivity contribution in [2.24, 2.45) is 11.1 Å². The van der Waals surface area contributed by atoms with Gasteiger partial charge in [-0.15, -0.1) is 0 Å². The SMILES string of the molecule is CC(C)(C)C(=O)n1cc(CCN)c2ccc(-c3ccncc3)cc21. The molecule has 4 heteroatoms. The Kier molecular flexibility index (Phi) is 4.24. The highest BCUT2D eigenvalue weighted by Crippen LogP contribution is 2.30. The van der Waals surface area contributed by atoms with E-state index in [0.717, 1.165) is 34.0 Å². The summed E-state index contributed by atoms with van der Waals surface area (Å²) in [6.07, 6.45) is 6.26. The van der Waals surface area contributed by atoms with E-state index in [2.05, 4.69) is 23.2 Å². The Morgan fingerprint density at radius 3 is 2.46 bits per heavy atom. The lowest BCUT2D eigenvalue weighted by atomic mass is 9.95. The van der Waals surface area contributed by atoms with Crippen LogP contribution in [-0.4, -0.2) is 22.0 Å². The first kappa shape index (κ1) is 16.4. The maximum Gasteiger partial charge on any atom is 0.236 e. The predicted molar refractivity (Wildman–Crippen MR) is 98.0 cm³/mol. The quantitative estimate of drug-likeness (QED) is 0.796. The molecule has 0 bridgehead atoms. The Morgan fingerprint density at radius 2 is 1.83 bits per heavy atom. The van der Waals surface area contributed by atoms with Gasteiger partial charge >= 0.3 is 0 Å². The molecule has 0 spiro atoms. The first-order valence-electron chi connectivity index (χ1n) is 8.21. The molecule has 2 heterocycles. The molecule has 3 rings (SSSR count). The van der Waals surface area contributed by atoms with Crippen molar-refractivity contribution in [3.63, 3.8) is 0 Å². The minimum Gasteiger partial charge on any atom is -0.330 e. The number of carbonyl (C=O) groups excluding carboxylic acids is 1. The van der Waals surface area contributed by atoms with Gasteiger partial charge in [-0.2, -0.15) is 0 Å². The van der Waals surface area contributed by atoms with Crippen LogP contribution in [0.25, 0.3) is 22.0 Å². The zero-order valence-electron chi connectivity index (χ0n) is 14.4. The highest BCUT2D eigenvalue weighted by Gasteiger charge is 2.25. The molecule has 1 aromatic carbocycles. The van der Waals surface area contributed by atoms with Gasteiger partial charge in [0.05, 0.1) is 5.52 Å². The summed E-state index contributed by atoms with van der Waals surface area (Å²) >= 11 is 0. The predicted octanol–water partition coefficient (Wildman–Crippen LogP) is 3.89. The molecule has 0 radical (unpaired) electrons. The van der Waals surface area contributed by atoms with Gasteiger partial charge < -0.3 is 5.73 Å². The maximum atomic E-state index is 12.9. The van der Waals surface area contributed by atoms with Crippen molar-refractivity contribution >= 4 is 16.8 Å². The first-order chi connectivity index (χ1) is 11.4. The number of carbonyl (C=O) groups is 1. The van der Waals surface area contributed by atoms with Crippen LogP contribution in [0.3, 0.4) is 0 Å². The second kappa shape index (κ2) is 6.21. The standard InChI is InChI=1S/C20H23N3O/c1-20(2,3)19(24)23-13-16(6-9-21)17-5-4-15(12-18(17)23)14-7-10-22-11-8-14/h4-5,7-8,10-13H,6,9,21H2,1-3H3. The number of nitrogens with two attached hydrogens (primary N) is 1. The van der Waals surface area contributed by atoms with E-state index in [9.17, 15) is 4.79 Å². The molecule has 0 unspecified atom stereocenters. The van der Waals surface area contributed by atoms with E-state index in [1.54, 1.807) is 17.0 Å². The van der Waals surface area contributed by atoms with Crippen LogP contribution in [0.2, 0.25) is 0 Å². The van der Waals surface area contributed by atoms with Crippen LogP contribution < -0.4 is 5.73 Å². The Labute approximate surface area is 142 Å². The topological polar surface area (TPSA) is 60.9 Å². The van der Waals surface area contributed by atoms with Crippen LogP contribution in [0.15, 0.2) is 48.9 Å². The molecule has 0 atom stereocenters. The van der Waals surface area contributed by atoms with Crippen LogP contribution >= 0.6 is 0 Å². The number of nitrogens with zero attached hydrogens (tertiary/aromatic N) is 2. The van der Waals surface area contributed by atoms with Crippen molar-refractivity contribution in [1.29, 1.82) is 0 Å². The second-order valence-electron chi connectivity index (χ2n) is 7.09. The van der Waals surface area contributed by atoms with Gasteiger partial charge in [0.15, 0.2) is 0 Å². The summed E-state index contributed by atoms with van der Waals surface area (Å²) in [5.41, 5.74) is 9.51. The maximum absolute atomic E-state index is 12.9. The third kappa shape index (κ3) is 2.97. The number of benzene rings is 1. The zero-order valence-corrected chi connectivity index (χ0v) is 14.4. The zero-order chi connectivity index (χ0) is 17.3. The molecule has 0 aliphatic carbocycles. The number of rotatable bonds is 3. The van der Waals surface area contributed by atoms with Crippen molar-refractivity contribution < 1.29 is 4.79 Å². The van der Waals surface area contributed by atoms with Crippen molar-refractivity contribution in [3.8, 4) is 11.1 Å². The monoisotopic (exact) mass is 321 g/mol. The summed E-state index contributed by atoms with van der Waals surface area (Å²) in [6.45, 7) is 6.39. The molecule has 2 aromatic heterocycles. The fourth-order valence-corrected chi connectivity index (χ4v) is 2.91. The molecular formula is C20H23N3O. The summed E-state index contributed by atoms with van der Waals surface area (Å²) < 4.78 is 1.78. The summed E-state index contributed by atoms with van der Waals surface area (Å²) in [5.74, 6) is 0.0858. The molecule has 0 amide bonds. The first-order valence-corrected chi connectivity index (χ1v) is 8.21. The average molecular weight is 321 g/mol. The molecule has 0 aliphatic heterocycles. The smallest absolute Gasteiger partial charge is 0.236 e. The minimum absolute atomic E-state index is 0.0858. The van der Waals surface area contributed by atoms with E-state index in [1.807, 2.05) is 39.1 Å². The van der Waals surface area contributed by atoms with Crippen molar-refractivity contribution in [2.45, 2.75) is 27.2 Å². The van der Waals surface area contributed by atoms with Crippen molar-refractivity contribution in [1.82, 2.24) is 9.55 Å². The van der Waals surface area contributed by atoms with Crippen molar-refractivity contribution in [2.75, 3.05) is 6.54 Å². The number of hydrogen-bond donors (Lipinski definition) is 1. The van der Waals surface area contributed by atoms with Crippen LogP contribution in [0.4, 0.5) is 0 Å². The third-order valence-corrected chi connectivity index (χ3v) is 4.18. The molecule has 0 fully saturated rings. The summed E-state index contributed by atoms with van der Waals surface area (Å²) in [5, 5.41) is 1.09. The van der Waals surface area contributed by atoms with Gasteiger partial charge in [-0.3, -0.25) is 14.3 Å². The third-order valence-electron chi connectivity index (χ3n) is 4.18. The average Bonchev–Trinajstić information content (AvgIpc) is 2.92. The second-order valence-corrected chi connectivity index (χ2v) is 7.09. The fourth-order valence-electron chi connectivity index (χ4n) is 2.91. The lowest BCUT2D eigenvalue weighted by molar-refractivity contribution is 0.0772. The highest BCUT2D eigenvalue weighted by atomic mass is 16.2. The lowest BCUT2D eigenvalue weighted by Crippen LogP contribution is -2.26. The van der Waals surface area contributed by atoms with E-state index in [1.165, 1.54) is 0 Å². The molecule has 24 heavy (non-hydrogen) atoms. The van der Waals surface area contributed by atoms with Gasteiger partial charge in [0, 0.05) is 29.4 Å². The van der Waals surface area contributed by atoms with Crippen LogP contribution in [-0.2, 0) is 6.42 Å². The van der Waals surface area contributed by atoms with Gasteiger partial charge in [0.1, 0.15) is 0 Å². The Bertz CT molecular complexity index is 873. The number of aromatic nitrogens is 2. The summed E-state index contributed by atoms with van der Waals surface area (Å²) in [4.78, 5) is 16.9. The highest BCUT2D eigenvalue weighted by molar-refractivity contribution is 5.98. The Hall–Kier alpha value is -2.46. The molecule has 3 aromatic rings. The lowest BCUT2D eigenvalue weighted by Gasteiger charge is -2.18. The van der Waals surface area contributed by atoms with E-state index >= 15 is 0 Å². The van der Waals surface area contributed by atoms with Gasteiger partial charge in [-0.25, -0.2) is 0 Å². The van der Waals surface area contributed by atoms with E-state index in [0.29, 0.717) is 6.54 Å². The van der Waals surface area contributed by atoms with Crippen molar-refractivity contribution in [3.05, 3.63) is 54.5 Å². The molecule has 0 saturated carbocycles. The van der Waals surface area contributed by atoms with Crippen LogP contribution in [0, 0.1) is 5.41 Å².